The fraction of sp³-hybridized carbons (Fsp3) is 0.533. The molecule has 2 aliphatic rings. The van der Waals surface area contributed by atoms with Gasteiger partial charge in [0, 0.05) is 17.8 Å². The zero-order chi connectivity index (χ0) is 14.8. The molecule has 1 aliphatic carbocycles. The number of aliphatic hydroxyl groups is 1. The SMILES string of the molecule is COc1ccc2c(c1)N(Cl)CC(=NC1CCC(O)CC1)N2. The average Bonchev–Trinajstić information content (AvgIpc) is 2.49. The van der Waals surface area contributed by atoms with Crippen LogP contribution < -0.4 is 14.5 Å². The van der Waals surface area contributed by atoms with Gasteiger partial charge in [-0.15, -0.1) is 0 Å². The highest BCUT2D eigenvalue weighted by molar-refractivity contribution is 6.30. The van der Waals surface area contributed by atoms with E-state index in [2.05, 4.69) is 5.32 Å². The summed E-state index contributed by atoms with van der Waals surface area (Å²) >= 11 is 6.33. The molecule has 6 heteroatoms. The zero-order valence-electron chi connectivity index (χ0n) is 12.1. The average molecular weight is 310 g/mol. The minimum Gasteiger partial charge on any atom is -0.497 e. The minimum absolute atomic E-state index is 0.154. The van der Waals surface area contributed by atoms with Crippen LogP contribution in [0.3, 0.4) is 0 Å². The van der Waals surface area contributed by atoms with Gasteiger partial charge in [0.2, 0.25) is 0 Å². The van der Waals surface area contributed by atoms with Gasteiger partial charge >= 0.3 is 0 Å². The van der Waals surface area contributed by atoms with E-state index in [0.29, 0.717) is 6.54 Å². The third-order valence-corrected chi connectivity index (χ3v) is 4.34. The lowest BCUT2D eigenvalue weighted by atomic mass is 9.93. The maximum absolute atomic E-state index is 9.55. The molecule has 3 rings (SSSR count). The molecule has 0 unspecified atom stereocenters. The lowest BCUT2D eigenvalue weighted by molar-refractivity contribution is 0.123. The van der Waals surface area contributed by atoms with E-state index in [4.69, 9.17) is 21.5 Å². The van der Waals surface area contributed by atoms with Crippen molar-refractivity contribution < 1.29 is 9.84 Å². The Morgan fingerprint density at radius 1 is 1.33 bits per heavy atom. The van der Waals surface area contributed by atoms with Crippen LogP contribution in [-0.2, 0) is 0 Å². The first kappa shape index (κ1) is 14.5. The summed E-state index contributed by atoms with van der Waals surface area (Å²) in [5, 5.41) is 12.9. The van der Waals surface area contributed by atoms with Crippen molar-refractivity contribution in [2.75, 3.05) is 23.4 Å². The fourth-order valence-electron chi connectivity index (χ4n) is 2.84. The van der Waals surface area contributed by atoms with Crippen LogP contribution in [0.1, 0.15) is 25.7 Å². The van der Waals surface area contributed by atoms with Crippen molar-refractivity contribution >= 4 is 29.0 Å². The largest absolute Gasteiger partial charge is 0.497 e. The number of hydrogen-bond donors (Lipinski definition) is 2. The molecule has 21 heavy (non-hydrogen) atoms. The molecule has 2 N–H and O–H groups in total. The number of hydrogen-bond acceptors (Lipinski definition) is 4. The van der Waals surface area contributed by atoms with Gasteiger partial charge < -0.3 is 15.2 Å². The second-order valence-corrected chi connectivity index (χ2v) is 5.97. The number of halogens is 1. The van der Waals surface area contributed by atoms with E-state index in [1.807, 2.05) is 18.2 Å². The topological polar surface area (TPSA) is 57.1 Å². The molecule has 1 saturated carbocycles. The Labute approximate surface area is 129 Å². The molecule has 1 heterocycles. The monoisotopic (exact) mass is 309 g/mol. The van der Waals surface area contributed by atoms with Gasteiger partial charge in [0.25, 0.3) is 0 Å². The standard InChI is InChI=1S/C15H20ClN3O2/c1-21-12-6-7-13-14(8-12)19(16)9-15(18-13)17-10-2-4-11(20)5-3-10/h6-8,10-11,20H,2-5,9H2,1H3,(H,17,18). The first-order valence-electron chi connectivity index (χ1n) is 7.29. The van der Waals surface area contributed by atoms with E-state index >= 15 is 0 Å². The second-order valence-electron chi connectivity index (χ2n) is 5.57. The normalized spacial score (nSPS) is 27.2. The smallest absolute Gasteiger partial charge is 0.122 e. The van der Waals surface area contributed by atoms with Gasteiger partial charge in [-0.1, -0.05) is 0 Å². The van der Waals surface area contributed by atoms with Crippen molar-refractivity contribution in [2.24, 2.45) is 4.99 Å². The van der Waals surface area contributed by atoms with Crippen molar-refractivity contribution in [2.45, 2.75) is 37.8 Å². The Hall–Kier alpha value is -1.46. The van der Waals surface area contributed by atoms with Crippen LogP contribution in [0.5, 0.6) is 5.75 Å². The molecule has 114 valence electrons. The number of rotatable bonds is 2. The van der Waals surface area contributed by atoms with Crippen molar-refractivity contribution in [3.8, 4) is 5.75 Å². The summed E-state index contributed by atoms with van der Waals surface area (Å²) in [5.74, 6) is 1.66. The molecule has 0 amide bonds. The summed E-state index contributed by atoms with van der Waals surface area (Å²) in [4.78, 5) is 4.76. The Balaban J connectivity index is 1.75. The van der Waals surface area contributed by atoms with Gasteiger partial charge in [0.15, 0.2) is 0 Å². The Bertz CT molecular complexity index is 542. The highest BCUT2D eigenvalue weighted by Gasteiger charge is 2.23. The van der Waals surface area contributed by atoms with Crippen molar-refractivity contribution in [3.05, 3.63) is 18.2 Å². The predicted octanol–water partition coefficient (Wildman–Crippen LogP) is 2.78. The van der Waals surface area contributed by atoms with Gasteiger partial charge in [-0.25, -0.2) is 0 Å². The van der Waals surface area contributed by atoms with Crippen LogP contribution in [-0.4, -0.2) is 36.7 Å². The maximum atomic E-state index is 9.55. The molecule has 0 aromatic heterocycles. The van der Waals surface area contributed by atoms with Crippen LogP contribution in [0.25, 0.3) is 0 Å². The lowest BCUT2D eigenvalue weighted by Gasteiger charge is -2.29. The number of fused-ring (bicyclic) bond motifs is 1. The molecule has 1 aromatic rings. The summed E-state index contributed by atoms with van der Waals surface area (Å²) in [6.07, 6.45) is 3.38. The molecule has 0 saturated heterocycles. The van der Waals surface area contributed by atoms with Crippen molar-refractivity contribution in [3.63, 3.8) is 0 Å². The Morgan fingerprint density at radius 2 is 2.10 bits per heavy atom. The number of nitrogens with zero attached hydrogens (tertiary/aromatic N) is 2. The van der Waals surface area contributed by atoms with Crippen LogP contribution in [0.15, 0.2) is 23.2 Å². The summed E-state index contributed by atoms with van der Waals surface area (Å²) < 4.78 is 6.88. The van der Waals surface area contributed by atoms with Crippen LogP contribution in [0, 0.1) is 0 Å². The molecular weight excluding hydrogens is 290 g/mol. The number of methoxy groups -OCH3 is 1. The number of benzene rings is 1. The second kappa shape index (κ2) is 6.12. The number of nitrogens with one attached hydrogen (secondary N) is 1. The molecular formula is C15H20ClN3O2. The van der Waals surface area contributed by atoms with E-state index in [9.17, 15) is 5.11 Å². The third kappa shape index (κ3) is 3.24. The molecule has 0 bridgehead atoms. The van der Waals surface area contributed by atoms with Crippen molar-refractivity contribution in [1.29, 1.82) is 0 Å². The summed E-state index contributed by atoms with van der Waals surface area (Å²) in [7, 11) is 1.64. The van der Waals surface area contributed by atoms with Gasteiger partial charge in [0.1, 0.15) is 11.6 Å². The van der Waals surface area contributed by atoms with E-state index < -0.39 is 0 Å². The molecule has 1 aromatic carbocycles. The van der Waals surface area contributed by atoms with E-state index in [1.165, 1.54) is 0 Å². The highest BCUT2D eigenvalue weighted by Crippen LogP contribution is 2.34. The predicted molar refractivity (Wildman–Crippen MR) is 85.5 cm³/mol. The number of ether oxygens (including phenoxy) is 1. The number of aliphatic hydroxyl groups excluding tert-OH is 1. The van der Waals surface area contributed by atoms with E-state index in [-0.39, 0.29) is 12.1 Å². The van der Waals surface area contributed by atoms with E-state index in [0.717, 1.165) is 48.6 Å². The Kier molecular flexibility index (Phi) is 4.22. The van der Waals surface area contributed by atoms with E-state index in [1.54, 1.807) is 11.5 Å². The lowest BCUT2D eigenvalue weighted by Crippen LogP contribution is -2.34. The fourth-order valence-corrected chi connectivity index (χ4v) is 3.09. The number of aliphatic imine (C=N–C) groups is 1. The maximum Gasteiger partial charge on any atom is 0.122 e. The number of anilines is 2. The molecule has 1 fully saturated rings. The third-order valence-electron chi connectivity index (χ3n) is 4.04. The molecule has 0 atom stereocenters. The first-order chi connectivity index (χ1) is 10.2. The zero-order valence-corrected chi connectivity index (χ0v) is 12.8. The molecule has 0 spiro atoms. The molecule has 1 aliphatic heterocycles. The van der Waals surface area contributed by atoms with Gasteiger partial charge in [0.05, 0.1) is 37.2 Å². The van der Waals surface area contributed by atoms with Gasteiger partial charge in [-0.2, -0.15) is 0 Å². The Morgan fingerprint density at radius 3 is 2.81 bits per heavy atom. The van der Waals surface area contributed by atoms with Crippen LogP contribution >= 0.6 is 11.8 Å². The quantitative estimate of drug-likeness (QED) is 0.825. The molecule has 0 radical (unpaired) electrons. The van der Waals surface area contributed by atoms with Crippen LogP contribution in [0.4, 0.5) is 11.4 Å². The number of amidine groups is 1. The summed E-state index contributed by atoms with van der Waals surface area (Å²) in [6.45, 7) is 0.542. The van der Waals surface area contributed by atoms with Gasteiger partial charge in [-0.05, 0) is 37.8 Å². The van der Waals surface area contributed by atoms with Gasteiger partial charge in [-0.3, -0.25) is 9.41 Å². The van der Waals surface area contributed by atoms with Crippen LogP contribution in [0.2, 0.25) is 0 Å². The van der Waals surface area contributed by atoms with Crippen molar-refractivity contribution in [1.82, 2.24) is 0 Å². The highest BCUT2D eigenvalue weighted by atomic mass is 35.5. The summed E-state index contributed by atoms with van der Waals surface area (Å²) in [6, 6.07) is 6.03. The molecule has 5 nitrogen and oxygen atoms in total. The summed E-state index contributed by atoms with van der Waals surface area (Å²) in [5.41, 5.74) is 1.83. The minimum atomic E-state index is -0.154. The first-order valence-corrected chi connectivity index (χ1v) is 7.62.